The van der Waals surface area contributed by atoms with Crippen LogP contribution in [0.4, 0.5) is 0 Å². The van der Waals surface area contributed by atoms with Gasteiger partial charge in [-0.2, -0.15) is 10.2 Å². The number of nitrogens with one attached hydrogen (secondary N) is 1. The van der Waals surface area contributed by atoms with E-state index in [-0.39, 0.29) is 6.04 Å². The Hall–Kier alpha value is -1.68. The molecule has 1 N–H and O–H groups in total. The summed E-state index contributed by atoms with van der Waals surface area (Å²) in [6.45, 7) is 7.00. The van der Waals surface area contributed by atoms with Gasteiger partial charge in [0.2, 0.25) is 0 Å². The van der Waals surface area contributed by atoms with E-state index in [9.17, 15) is 0 Å². The van der Waals surface area contributed by atoms with Crippen LogP contribution in [0.15, 0.2) is 29.1 Å². The third-order valence-electron chi connectivity index (χ3n) is 2.99. The van der Waals surface area contributed by atoms with Crippen LogP contribution in [-0.2, 0) is 6.42 Å². The Morgan fingerprint density at radius 2 is 2.17 bits per heavy atom. The van der Waals surface area contributed by atoms with Crippen molar-refractivity contribution in [3.8, 4) is 0 Å². The van der Waals surface area contributed by atoms with Crippen molar-refractivity contribution in [3.63, 3.8) is 0 Å². The summed E-state index contributed by atoms with van der Waals surface area (Å²) in [4.78, 5) is 0. The van der Waals surface area contributed by atoms with Crippen molar-refractivity contribution in [2.75, 3.05) is 6.54 Å². The number of aromatic nitrogens is 2. The fourth-order valence-electron chi connectivity index (χ4n) is 2.11. The molecule has 0 bridgehead atoms. The van der Waals surface area contributed by atoms with Gasteiger partial charge in [-0.1, -0.05) is 6.92 Å². The third-order valence-corrected chi connectivity index (χ3v) is 2.99. The van der Waals surface area contributed by atoms with E-state index in [1.54, 1.807) is 12.5 Å². The highest BCUT2D eigenvalue weighted by Gasteiger charge is 2.15. The monoisotopic (exact) mass is 245 g/mol. The zero-order valence-electron chi connectivity index (χ0n) is 11.1. The van der Waals surface area contributed by atoms with Crippen LogP contribution in [0.1, 0.15) is 35.5 Å². The highest BCUT2D eigenvalue weighted by atomic mass is 16.3. The molecule has 1 atom stereocenters. The summed E-state index contributed by atoms with van der Waals surface area (Å²) in [5.41, 5.74) is 4.33. The maximum Gasteiger partial charge on any atom is 0.0935 e. The lowest BCUT2D eigenvalue weighted by atomic mass is 9.99. The van der Waals surface area contributed by atoms with E-state index >= 15 is 0 Å². The quantitative estimate of drug-likeness (QED) is 0.879. The Balaban J connectivity index is 2.26. The van der Waals surface area contributed by atoms with Crippen LogP contribution in [0, 0.1) is 13.8 Å². The molecule has 2 aromatic heterocycles. The fraction of sp³-hybridized carbons (Fsp3) is 0.429. The predicted molar refractivity (Wildman–Crippen MR) is 70.3 cm³/mol. The van der Waals surface area contributed by atoms with Crippen LogP contribution >= 0.6 is 0 Å². The molecule has 18 heavy (non-hydrogen) atoms. The Morgan fingerprint density at radius 3 is 2.83 bits per heavy atom. The Morgan fingerprint density at radius 1 is 1.33 bits per heavy atom. The van der Waals surface area contributed by atoms with E-state index in [0.29, 0.717) is 0 Å². The van der Waals surface area contributed by atoms with Gasteiger partial charge in [-0.15, -0.1) is 0 Å². The summed E-state index contributed by atoms with van der Waals surface area (Å²) in [6, 6.07) is 4.36. The highest BCUT2D eigenvalue weighted by molar-refractivity contribution is 5.26. The average Bonchev–Trinajstić information content (AvgIpc) is 2.85. The highest BCUT2D eigenvalue weighted by Crippen LogP contribution is 2.21. The van der Waals surface area contributed by atoms with Crippen molar-refractivity contribution in [2.45, 2.75) is 33.2 Å². The number of rotatable bonds is 5. The third kappa shape index (κ3) is 2.96. The zero-order chi connectivity index (χ0) is 13.0. The normalized spacial score (nSPS) is 12.6. The fourth-order valence-corrected chi connectivity index (χ4v) is 2.11. The minimum absolute atomic E-state index is 0.252. The van der Waals surface area contributed by atoms with Gasteiger partial charge in [-0.05, 0) is 50.1 Å². The molecule has 0 saturated heterocycles. The van der Waals surface area contributed by atoms with Gasteiger partial charge in [0.25, 0.3) is 0 Å². The molecule has 0 aliphatic heterocycles. The minimum Gasteiger partial charge on any atom is -0.472 e. The number of hydrogen-bond donors (Lipinski definition) is 1. The molecule has 0 aliphatic rings. The molecular weight excluding hydrogens is 226 g/mol. The number of hydrogen-bond acceptors (Lipinski definition) is 4. The van der Waals surface area contributed by atoms with Gasteiger partial charge in [0.1, 0.15) is 0 Å². The smallest absolute Gasteiger partial charge is 0.0935 e. The van der Waals surface area contributed by atoms with Crippen molar-refractivity contribution in [3.05, 3.63) is 47.2 Å². The Bertz CT molecular complexity index is 494. The van der Waals surface area contributed by atoms with Gasteiger partial charge in [0.15, 0.2) is 0 Å². The first-order valence-electron chi connectivity index (χ1n) is 6.26. The summed E-state index contributed by atoms with van der Waals surface area (Å²) < 4.78 is 5.13. The van der Waals surface area contributed by atoms with E-state index in [1.165, 1.54) is 11.1 Å². The molecule has 4 heteroatoms. The molecular formula is C14H19N3O. The van der Waals surface area contributed by atoms with Crippen LogP contribution < -0.4 is 5.32 Å². The summed E-state index contributed by atoms with van der Waals surface area (Å²) in [7, 11) is 0. The van der Waals surface area contributed by atoms with Gasteiger partial charge in [-0.3, -0.25) is 0 Å². The van der Waals surface area contributed by atoms with Crippen molar-refractivity contribution >= 4 is 0 Å². The lowest BCUT2D eigenvalue weighted by molar-refractivity contribution is 0.530. The van der Waals surface area contributed by atoms with Crippen molar-refractivity contribution < 1.29 is 4.42 Å². The molecule has 96 valence electrons. The maximum absolute atomic E-state index is 5.13. The molecule has 0 fully saturated rings. The first-order valence-corrected chi connectivity index (χ1v) is 6.26. The van der Waals surface area contributed by atoms with Gasteiger partial charge in [-0.25, -0.2) is 0 Å². The van der Waals surface area contributed by atoms with Gasteiger partial charge in [0.05, 0.1) is 23.9 Å². The number of aryl methyl sites for hydroxylation is 2. The standard InChI is InChI=1S/C14H19N3O/c1-4-15-14(8-12-5-6-18-9-12)13-7-10(2)16-17-11(13)3/h5-7,9,14-15H,4,8H2,1-3H3. The molecule has 2 rings (SSSR count). The second-order valence-electron chi connectivity index (χ2n) is 4.47. The zero-order valence-corrected chi connectivity index (χ0v) is 11.1. The lowest BCUT2D eigenvalue weighted by Crippen LogP contribution is -2.24. The molecule has 0 amide bonds. The number of nitrogens with zero attached hydrogens (tertiary/aromatic N) is 2. The SMILES string of the molecule is CCNC(Cc1ccoc1)c1cc(C)nnc1C. The predicted octanol–water partition coefficient (Wildman–Crippen LogP) is 2.58. The van der Waals surface area contributed by atoms with Crippen LogP contribution in [0.5, 0.6) is 0 Å². The lowest BCUT2D eigenvalue weighted by Gasteiger charge is -2.19. The van der Waals surface area contributed by atoms with Crippen molar-refractivity contribution in [1.29, 1.82) is 0 Å². The molecule has 0 aliphatic carbocycles. The number of likely N-dealkylation sites (N-methyl/N-ethyl adjacent to an activating group) is 1. The molecule has 2 aromatic rings. The first-order chi connectivity index (χ1) is 8.70. The van der Waals surface area contributed by atoms with Crippen LogP contribution in [-0.4, -0.2) is 16.7 Å². The second-order valence-corrected chi connectivity index (χ2v) is 4.47. The van der Waals surface area contributed by atoms with Crippen LogP contribution in [0.3, 0.4) is 0 Å². The Labute approximate surface area is 107 Å². The topological polar surface area (TPSA) is 51.0 Å². The van der Waals surface area contributed by atoms with E-state index in [1.807, 2.05) is 19.9 Å². The summed E-state index contributed by atoms with van der Waals surface area (Å²) in [5.74, 6) is 0. The molecule has 4 nitrogen and oxygen atoms in total. The van der Waals surface area contributed by atoms with Crippen molar-refractivity contribution in [2.24, 2.45) is 0 Å². The summed E-state index contributed by atoms with van der Waals surface area (Å²) in [6.07, 6.45) is 4.40. The van der Waals surface area contributed by atoms with E-state index in [4.69, 9.17) is 4.42 Å². The Kier molecular flexibility index (Phi) is 4.10. The first kappa shape index (κ1) is 12.8. The van der Waals surface area contributed by atoms with E-state index < -0.39 is 0 Å². The minimum atomic E-state index is 0.252. The summed E-state index contributed by atoms with van der Waals surface area (Å²) in [5, 5.41) is 11.8. The second kappa shape index (κ2) is 5.78. The maximum atomic E-state index is 5.13. The molecule has 0 radical (unpaired) electrons. The van der Waals surface area contributed by atoms with Gasteiger partial charge >= 0.3 is 0 Å². The molecule has 0 spiro atoms. The number of furan rings is 1. The van der Waals surface area contributed by atoms with E-state index in [0.717, 1.165) is 24.4 Å². The van der Waals surface area contributed by atoms with Crippen LogP contribution in [0.2, 0.25) is 0 Å². The van der Waals surface area contributed by atoms with Crippen molar-refractivity contribution in [1.82, 2.24) is 15.5 Å². The average molecular weight is 245 g/mol. The largest absolute Gasteiger partial charge is 0.472 e. The molecule has 2 heterocycles. The summed E-state index contributed by atoms with van der Waals surface area (Å²) >= 11 is 0. The molecule has 1 unspecified atom stereocenters. The van der Waals surface area contributed by atoms with Gasteiger partial charge < -0.3 is 9.73 Å². The van der Waals surface area contributed by atoms with Crippen LogP contribution in [0.25, 0.3) is 0 Å². The van der Waals surface area contributed by atoms with E-state index in [2.05, 4.69) is 28.5 Å². The molecule has 0 aromatic carbocycles. The van der Waals surface area contributed by atoms with Gasteiger partial charge in [0, 0.05) is 6.04 Å². The molecule has 0 saturated carbocycles.